The minimum atomic E-state index is -0.355. The molecule has 2 aromatic carbocycles. The standard InChI is InChI=1S/C20H22O4/c1-4-17-6-8-20(9-7-17)24-16(3)22-14-15-23-19-12-10-18(11-13-19)21-5-2/h4-13,16H,1-2,14-15H2,3H3. The molecule has 126 valence electrons. The van der Waals surface area contributed by atoms with Gasteiger partial charge in [0.25, 0.3) is 0 Å². The molecule has 2 aromatic rings. The van der Waals surface area contributed by atoms with Crippen LogP contribution in [0.15, 0.2) is 68.0 Å². The van der Waals surface area contributed by atoms with Gasteiger partial charge in [0, 0.05) is 0 Å². The van der Waals surface area contributed by atoms with Crippen molar-refractivity contribution >= 4 is 6.08 Å². The molecule has 0 aromatic heterocycles. The highest BCUT2D eigenvalue weighted by atomic mass is 16.7. The van der Waals surface area contributed by atoms with Gasteiger partial charge in [-0.3, -0.25) is 0 Å². The molecule has 0 fully saturated rings. The van der Waals surface area contributed by atoms with Crippen LogP contribution in [0.25, 0.3) is 6.08 Å². The number of hydrogen-bond donors (Lipinski definition) is 0. The molecule has 24 heavy (non-hydrogen) atoms. The Morgan fingerprint density at radius 1 is 0.875 bits per heavy atom. The summed E-state index contributed by atoms with van der Waals surface area (Å²) in [6.07, 6.45) is 2.82. The molecule has 0 radical (unpaired) electrons. The van der Waals surface area contributed by atoms with Gasteiger partial charge in [-0.25, -0.2) is 0 Å². The fraction of sp³-hybridized carbons (Fsp3) is 0.200. The monoisotopic (exact) mass is 326 g/mol. The number of rotatable bonds is 10. The SMILES string of the molecule is C=COc1ccc(OCCOC(C)Oc2ccc(C=C)cc2)cc1. The second-order valence-corrected chi connectivity index (χ2v) is 4.93. The van der Waals surface area contributed by atoms with Crippen LogP contribution in [0.1, 0.15) is 12.5 Å². The molecule has 0 spiro atoms. The fourth-order valence-corrected chi connectivity index (χ4v) is 1.99. The maximum atomic E-state index is 5.67. The Labute approximate surface area is 142 Å². The molecule has 0 saturated carbocycles. The van der Waals surface area contributed by atoms with Crippen LogP contribution in [0.5, 0.6) is 17.2 Å². The molecule has 0 heterocycles. The largest absolute Gasteiger partial charge is 0.491 e. The van der Waals surface area contributed by atoms with Crippen LogP contribution in [0.3, 0.4) is 0 Å². The summed E-state index contributed by atoms with van der Waals surface area (Å²) in [5.41, 5.74) is 1.05. The van der Waals surface area contributed by atoms with Crippen molar-refractivity contribution in [1.29, 1.82) is 0 Å². The Kier molecular flexibility index (Phi) is 6.92. The van der Waals surface area contributed by atoms with E-state index < -0.39 is 0 Å². The molecule has 0 aliphatic heterocycles. The molecule has 0 bridgehead atoms. The summed E-state index contributed by atoms with van der Waals surface area (Å²) in [4.78, 5) is 0. The van der Waals surface area contributed by atoms with E-state index in [2.05, 4.69) is 13.2 Å². The third kappa shape index (κ3) is 5.82. The Balaban J connectivity index is 1.67. The predicted octanol–water partition coefficient (Wildman–Crippen LogP) is 4.67. The third-order valence-corrected chi connectivity index (χ3v) is 3.17. The molecule has 0 saturated heterocycles. The first-order chi connectivity index (χ1) is 11.7. The van der Waals surface area contributed by atoms with Crippen molar-refractivity contribution in [2.24, 2.45) is 0 Å². The van der Waals surface area contributed by atoms with Gasteiger partial charge in [-0.15, -0.1) is 0 Å². The topological polar surface area (TPSA) is 36.9 Å². The summed E-state index contributed by atoms with van der Waals surface area (Å²) >= 11 is 0. The molecule has 0 N–H and O–H groups in total. The fourth-order valence-electron chi connectivity index (χ4n) is 1.99. The van der Waals surface area contributed by atoms with E-state index >= 15 is 0 Å². The molecule has 0 amide bonds. The molecular formula is C20H22O4. The average Bonchev–Trinajstić information content (AvgIpc) is 2.61. The summed E-state index contributed by atoms with van der Waals surface area (Å²) in [5.74, 6) is 2.23. The van der Waals surface area contributed by atoms with Gasteiger partial charge in [-0.1, -0.05) is 31.4 Å². The second-order valence-electron chi connectivity index (χ2n) is 4.93. The second kappa shape index (κ2) is 9.43. The smallest absolute Gasteiger partial charge is 0.197 e. The van der Waals surface area contributed by atoms with Gasteiger partial charge in [0.2, 0.25) is 0 Å². The lowest BCUT2D eigenvalue weighted by atomic mass is 10.2. The first-order valence-corrected chi connectivity index (χ1v) is 7.72. The van der Waals surface area contributed by atoms with Crippen molar-refractivity contribution in [2.75, 3.05) is 13.2 Å². The summed E-state index contributed by atoms with van der Waals surface area (Å²) in [5, 5.41) is 0. The molecule has 0 aliphatic rings. The lowest BCUT2D eigenvalue weighted by molar-refractivity contribution is -0.0739. The quantitative estimate of drug-likeness (QED) is 0.361. The maximum absolute atomic E-state index is 5.67. The van der Waals surface area contributed by atoms with Crippen LogP contribution in [0, 0.1) is 0 Å². The van der Waals surface area contributed by atoms with E-state index in [1.54, 1.807) is 6.08 Å². The highest BCUT2D eigenvalue weighted by Gasteiger charge is 2.04. The van der Waals surface area contributed by atoms with E-state index in [4.69, 9.17) is 18.9 Å². The van der Waals surface area contributed by atoms with Crippen LogP contribution in [-0.4, -0.2) is 19.5 Å². The Morgan fingerprint density at radius 2 is 1.50 bits per heavy atom. The Bertz CT molecular complexity index is 632. The number of hydrogen-bond acceptors (Lipinski definition) is 4. The van der Waals surface area contributed by atoms with E-state index in [1.165, 1.54) is 6.26 Å². The van der Waals surface area contributed by atoms with Gasteiger partial charge >= 0.3 is 0 Å². The lowest BCUT2D eigenvalue weighted by Crippen LogP contribution is -2.19. The van der Waals surface area contributed by atoms with E-state index in [0.717, 1.165) is 22.8 Å². The summed E-state index contributed by atoms with van der Waals surface area (Å²) < 4.78 is 22.0. The zero-order chi connectivity index (χ0) is 17.2. The molecule has 1 atom stereocenters. The first kappa shape index (κ1) is 17.6. The van der Waals surface area contributed by atoms with Gasteiger partial charge in [0.05, 0.1) is 12.9 Å². The van der Waals surface area contributed by atoms with Gasteiger partial charge in [-0.05, 0) is 48.9 Å². The highest BCUT2D eigenvalue weighted by Crippen LogP contribution is 2.18. The van der Waals surface area contributed by atoms with Crippen LogP contribution in [-0.2, 0) is 4.74 Å². The van der Waals surface area contributed by atoms with Crippen molar-refractivity contribution in [3.8, 4) is 17.2 Å². The Morgan fingerprint density at radius 3 is 2.12 bits per heavy atom. The molecule has 2 rings (SSSR count). The molecule has 4 heteroatoms. The molecular weight excluding hydrogens is 304 g/mol. The van der Waals surface area contributed by atoms with Gasteiger partial charge in [-0.2, -0.15) is 0 Å². The van der Waals surface area contributed by atoms with E-state index in [-0.39, 0.29) is 6.29 Å². The summed E-state index contributed by atoms with van der Waals surface area (Å²) in [6, 6.07) is 15.0. The highest BCUT2D eigenvalue weighted by molar-refractivity contribution is 5.48. The van der Waals surface area contributed by atoms with Gasteiger partial charge in [0.15, 0.2) is 6.29 Å². The van der Waals surface area contributed by atoms with Crippen molar-refractivity contribution in [2.45, 2.75) is 13.2 Å². The van der Waals surface area contributed by atoms with Crippen molar-refractivity contribution in [3.63, 3.8) is 0 Å². The lowest BCUT2D eigenvalue weighted by Gasteiger charge is -2.16. The first-order valence-electron chi connectivity index (χ1n) is 7.72. The normalized spacial score (nSPS) is 11.4. The third-order valence-electron chi connectivity index (χ3n) is 3.17. The zero-order valence-corrected chi connectivity index (χ0v) is 13.8. The Hall–Kier alpha value is -2.72. The minimum Gasteiger partial charge on any atom is -0.491 e. The van der Waals surface area contributed by atoms with Crippen LogP contribution >= 0.6 is 0 Å². The van der Waals surface area contributed by atoms with E-state index in [9.17, 15) is 0 Å². The van der Waals surface area contributed by atoms with E-state index in [0.29, 0.717) is 13.2 Å². The minimum absolute atomic E-state index is 0.355. The van der Waals surface area contributed by atoms with Gasteiger partial charge in [0.1, 0.15) is 23.9 Å². The van der Waals surface area contributed by atoms with Crippen LogP contribution in [0.4, 0.5) is 0 Å². The zero-order valence-electron chi connectivity index (χ0n) is 13.8. The van der Waals surface area contributed by atoms with Crippen molar-refractivity contribution in [1.82, 2.24) is 0 Å². The van der Waals surface area contributed by atoms with Crippen molar-refractivity contribution in [3.05, 3.63) is 73.5 Å². The van der Waals surface area contributed by atoms with Crippen LogP contribution in [0.2, 0.25) is 0 Å². The molecule has 0 aliphatic carbocycles. The maximum Gasteiger partial charge on any atom is 0.197 e. The summed E-state index contributed by atoms with van der Waals surface area (Å²) in [7, 11) is 0. The molecule has 1 unspecified atom stereocenters. The predicted molar refractivity (Wildman–Crippen MR) is 95.3 cm³/mol. The van der Waals surface area contributed by atoms with Crippen molar-refractivity contribution < 1.29 is 18.9 Å². The average molecular weight is 326 g/mol. The number of ether oxygens (including phenoxy) is 4. The van der Waals surface area contributed by atoms with Crippen LogP contribution < -0.4 is 14.2 Å². The summed E-state index contributed by atoms with van der Waals surface area (Å²) in [6.45, 7) is 9.94. The number of benzene rings is 2. The van der Waals surface area contributed by atoms with Gasteiger partial charge < -0.3 is 18.9 Å². The molecule has 4 nitrogen and oxygen atoms in total. The van der Waals surface area contributed by atoms with E-state index in [1.807, 2.05) is 55.5 Å².